The van der Waals surface area contributed by atoms with E-state index in [1.807, 2.05) is 31.1 Å². The average Bonchev–Trinajstić information content (AvgIpc) is 2.39. The average molecular weight is 292 g/mol. The maximum atomic E-state index is 12.3. The lowest BCUT2D eigenvalue weighted by Gasteiger charge is -2.18. The predicted molar refractivity (Wildman–Crippen MR) is 80.2 cm³/mol. The number of pyridine rings is 1. The van der Waals surface area contributed by atoms with E-state index in [4.69, 9.17) is 5.73 Å². The molecule has 2 aromatic rings. The van der Waals surface area contributed by atoms with Gasteiger partial charge in [-0.3, -0.25) is 4.72 Å². The molecular formula is C13H16N4O2S. The number of rotatable bonds is 4. The number of benzene rings is 1. The van der Waals surface area contributed by atoms with Gasteiger partial charge in [-0.1, -0.05) is 12.1 Å². The summed E-state index contributed by atoms with van der Waals surface area (Å²) in [7, 11) is -0.142. The fraction of sp³-hybridized carbons (Fsp3) is 0.154. The van der Waals surface area contributed by atoms with Crippen LogP contribution in [0.25, 0.3) is 0 Å². The van der Waals surface area contributed by atoms with Gasteiger partial charge < -0.3 is 10.6 Å². The fourth-order valence-corrected chi connectivity index (χ4v) is 2.91. The first-order valence-corrected chi connectivity index (χ1v) is 7.40. The standard InChI is InChI=1S/C13H16N4O2S/c1-17(2)12-8-4-3-7-11(12)16-20(18,19)13-10(14)6-5-9-15-13/h3-9,16H,14H2,1-2H3. The lowest BCUT2D eigenvalue weighted by Crippen LogP contribution is -2.19. The Bertz CT molecular complexity index is 714. The van der Waals surface area contributed by atoms with E-state index >= 15 is 0 Å². The summed E-state index contributed by atoms with van der Waals surface area (Å²) in [5.41, 5.74) is 7.01. The number of nitrogens with one attached hydrogen (secondary N) is 1. The van der Waals surface area contributed by atoms with Gasteiger partial charge in [0.1, 0.15) is 0 Å². The van der Waals surface area contributed by atoms with E-state index in [0.29, 0.717) is 5.69 Å². The predicted octanol–water partition coefficient (Wildman–Crippen LogP) is 1.53. The molecular weight excluding hydrogens is 276 g/mol. The van der Waals surface area contributed by atoms with E-state index in [2.05, 4.69) is 9.71 Å². The number of nitrogens with two attached hydrogens (primary N) is 1. The largest absolute Gasteiger partial charge is 0.396 e. The molecule has 0 saturated carbocycles. The molecule has 20 heavy (non-hydrogen) atoms. The maximum Gasteiger partial charge on any atom is 0.281 e. The Morgan fingerprint density at radius 1 is 1.15 bits per heavy atom. The van der Waals surface area contributed by atoms with Crippen LogP contribution < -0.4 is 15.4 Å². The zero-order valence-electron chi connectivity index (χ0n) is 11.2. The zero-order chi connectivity index (χ0) is 14.8. The Kier molecular flexibility index (Phi) is 3.80. The minimum atomic E-state index is -3.81. The van der Waals surface area contributed by atoms with E-state index in [-0.39, 0.29) is 10.7 Å². The molecule has 0 aliphatic rings. The molecule has 0 aliphatic carbocycles. The molecule has 7 heteroatoms. The first-order chi connectivity index (χ1) is 9.42. The van der Waals surface area contributed by atoms with Crippen molar-refractivity contribution in [3.8, 4) is 0 Å². The van der Waals surface area contributed by atoms with Gasteiger partial charge in [0, 0.05) is 20.3 Å². The second kappa shape index (κ2) is 5.38. The van der Waals surface area contributed by atoms with Crippen LogP contribution in [0.4, 0.5) is 17.1 Å². The Labute approximate surface area is 118 Å². The van der Waals surface area contributed by atoms with Crippen molar-refractivity contribution in [3.05, 3.63) is 42.6 Å². The minimum absolute atomic E-state index is 0.113. The lowest BCUT2D eigenvalue weighted by atomic mass is 10.2. The molecule has 106 valence electrons. The molecule has 0 unspecified atom stereocenters. The number of para-hydroxylation sites is 2. The van der Waals surface area contributed by atoms with Gasteiger partial charge in [-0.25, -0.2) is 4.98 Å². The summed E-state index contributed by atoms with van der Waals surface area (Å²) in [5, 5.41) is -0.173. The number of anilines is 3. The van der Waals surface area contributed by atoms with Gasteiger partial charge in [0.05, 0.1) is 17.1 Å². The second-order valence-corrected chi connectivity index (χ2v) is 6.01. The van der Waals surface area contributed by atoms with Crippen LogP contribution in [0.15, 0.2) is 47.6 Å². The van der Waals surface area contributed by atoms with Gasteiger partial charge in [0.25, 0.3) is 10.0 Å². The smallest absolute Gasteiger partial charge is 0.281 e. The van der Waals surface area contributed by atoms with Crippen molar-refractivity contribution in [2.45, 2.75) is 5.03 Å². The lowest BCUT2D eigenvalue weighted by molar-refractivity contribution is 0.598. The highest BCUT2D eigenvalue weighted by Crippen LogP contribution is 2.26. The number of nitrogen functional groups attached to an aromatic ring is 1. The summed E-state index contributed by atoms with van der Waals surface area (Å²) in [6, 6.07) is 10.2. The molecule has 1 aromatic heterocycles. The van der Waals surface area contributed by atoms with Crippen molar-refractivity contribution in [1.29, 1.82) is 0 Å². The zero-order valence-corrected chi connectivity index (χ0v) is 12.1. The Morgan fingerprint density at radius 3 is 2.50 bits per heavy atom. The van der Waals surface area contributed by atoms with E-state index in [1.165, 1.54) is 12.3 Å². The summed E-state index contributed by atoms with van der Waals surface area (Å²) >= 11 is 0. The highest BCUT2D eigenvalue weighted by molar-refractivity contribution is 7.92. The first-order valence-electron chi connectivity index (χ1n) is 5.91. The summed E-state index contributed by atoms with van der Waals surface area (Å²) in [6.07, 6.45) is 1.39. The van der Waals surface area contributed by atoms with Crippen molar-refractivity contribution in [1.82, 2.24) is 4.98 Å². The molecule has 0 amide bonds. The third-order valence-corrected chi connectivity index (χ3v) is 4.02. The third kappa shape index (κ3) is 2.83. The van der Waals surface area contributed by atoms with Crippen molar-refractivity contribution < 1.29 is 8.42 Å². The first kappa shape index (κ1) is 14.1. The SMILES string of the molecule is CN(C)c1ccccc1NS(=O)(=O)c1ncccc1N. The summed E-state index contributed by atoms with van der Waals surface area (Å²) in [6.45, 7) is 0. The van der Waals surface area contributed by atoms with Gasteiger partial charge in [0.15, 0.2) is 5.03 Å². The summed E-state index contributed by atoms with van der Waals surface area (Å²) in [4.78, 5) is 5.65. The third-order valence-electron chi connectivity index (χ3n) is 2.69. The van der Waals surface area contributed by atoms with Crippen molar-refractivity contribution in [2.24, 2.45) is 0 Å². The molecule has 0 aliphatic heterocycles. The van der Waals surface area contributed by atoms with E-state index in [9.17, 15) is 8.42 Å². The molecule has 0 radical (unpaired) electrons. The van der Waals surface area contributed by atoms with Crippen LogP contribution in [-0.4, -0.2) is 27.5 Å². The molecule has 6 nitrogen and oxygen atoms in total. The maximum absolute atomic E-state index is 12.3. The fourth-order valence-electron chi connectivity index (χ4n) is 1.77. The van der Waals surface area contributed by atoms with Crippen LogP contribution in [0.2, 0.25) is 0 Å². The minimum Gasteiger partial charge on any atom is -0.396 e. The van der Waals surface area contributed by atoms with Crippen LogP contribution in [-0.2, 0) is 10.0 Å². The number of aromatic nitrogens is 1. The van der Waals surface area contributed by atoms with Crippen molar-refractivity contribution in [2.75, 3.05) is 29.5 Å². The van der Waals surface area contributed by atoms with Gasteiger partial charge in [-0.15, -0.1) is 0 Å². The van der Waals surface area contributed by atoms with Crippen molar-refractivity contribution >= 4 is 27.1 Å². The molecule has 3 N–H and O–H groups in total. The van der Waals surface area contributed by atoms with Crippen LogP contribution in [0.1, 0.15) is 0 Å². The number of hydrogen-bond donors (Lipinski definition) is 2. The van der Waals surface area contributed by atoms with Gasteiger partial charge in [0.2, 0.25) is 0 Å². The van der Waals surface area contributed by atoms with Crippen molar-refractivity contribution in [3.63, 3.8) is 0 Å². The summed E-state index contributed by atoms with van der Waals surface area (Å²) in [5.74, 6) is 0. The van der Waals surface area contributed by atoms with E-state index in [0.717, 1.165) is 5.69 Å². The molecule has 2 rings (SSSR count). The Hall–Kier alpha value is -2.28. The number of hydrogen-bond acceptors (Lipinski definition) is 5. The van der Waals surface area contributed by atoms with Crippen LogP contribution in [0, 0.1) is 0 Å². The Morgan fingerprint density at radius 2 is 1.85 bits per heavy atom. The molecule has 1 aromatic carbocycles. The molecule has 0 atom stereocenters. The monoisotopic (exact) mass is 292 g/mol. The van der Waals surface area contributed by atoms with Crippen LogP contribution in [0.5, 0.6) is 0 Å². The van der Waals surface area contributed by atoms with Gasteiger partial charge >= 0.3 is 0 Å². The van der Waals surface area contributed by atoms with E-state index < -0.39 is 10.0 Å². The van der Waals surface area contributed by atoms with Crippen LogP contribution in [0.3, 0.4) is 0 Å². The normalized spacial score (nSPS) is 11.1. The molecule has 0 bridgehead atoms. The number of sulfonamides is 1. The molecule has 0 fully saturated rings. The highest BCUT2D eigenvalue weighted by atomic mass is 32.2. The van der Waals surface area contributed by atoms with E-state index in [1.54, 1.807) is 18.2 Å². The summed E-state index contributed by atoms with van der Waals surface area (Å²) < 4.78 is 27.2. The highest BCUT2D eigenvalue weighted by Gasteiger charge is 2.20. The van der Waals surface area contributed by atoms with Crippen LogP contribution >= 0.6 is 0 Å². The quantitative estimate of drug-likeness (QED) is 0.892. The topological polar surface area (TPSA) is 88.3 Å². The Balaban J connectivity index is 2.42. The molecule has 0 saturated heterocycles. The second-order valence-electron chi connectivity index (χ2n) is 4.41. The van der Waals surface area contributed by atoms with Gasteiger partial charge in [-0.2, -0.15) is 8.42 Å². The van der Waals surface area contributed by atoms with Gasteiger partial charge in [-0.05, 0) is 24.3 Å². The number of nitrogens with zero attached hydrogens (tertiary/aromatic N) is 2. The molecule has 1 heterocycles. The molecule has 0 spiro atoms.